The molecule has 1 aromatic heterocycles. The Hall–Kier alpha value is -1.75. The highest BCUT2D eigenvalue weighted by atomic mass is 19.1. The van der Waals surface area contributed by atoms with E-state index in [-0.39, 0.29) is 11.6 Å². The van der Waals surface area contributed by atoms with Crippen molar-refractivity contribution < 1.29 is 8.78 Å². The monoisotopic (exact) mass is 265 g/mol. The van der Waals surface area contributed by atoms with Crippen LogP contribution in [0.3, 0.4) is 0 Å². The minimum absolute atomic E-state index is 0.0866. The Morgan fingerprint density at radius 2 is 1.95 bits per heavy atom. The highest BCUT2D eigenvalue weighted by molar-refractivity contribution is 5.22. The molecule has 0 aliphatic heterocycles. The fraction of sp³-hybridized carbons (Fsp3) is 0.357. The number of aromatic nitrogens is 2. The molecular weight excluding hydrogens is 248 g/mol. The summed E-state index contributed by atoms with van der Waals surface area (Å²) in [6.45, 7) is 2.37. The molecular formula is C14H17F2N3. The van der Waals surface area contributed by atoms with E-state index in [1.165, 1.54) is 18.2 Å². The van der Waals surface area contributed by atoms with Crippen LogP contribution in [0.5, 0.6) is 0 Å². The van der Waals surface area contributed by atoms with Gasteiger partial charge >= 0.3 is 0 Å². The van der Waals surface area contributed by atoms with Crippen molar-refractivity contribution >= 4 is 0 Å². The van der Waals surface area contributed by atoms with Crippen molar-refractivity contribution in [2.75, 3.05) is 6.54 Å². The van der Waals surface area contributed by atoms with Gasteiger partial charge in [0.05, 0.1) is 5.69 Å². The highest BCUT2D eigenvalue weighted by Crippen LogP contribution is 2.19. The number of hydrogen-bond donors (Lipinski definition) is 1. The number of aryl methyl sites for hydroxylation is 1. The van der Waals surface area contributed by atoms with E-state index in [1.807, 2.05) is 19.3 Å². The lowest BCUT2D eigenvalue weighted by molar-refractivity contribution is 0.489. The van der Waals surface area contributed by atoms with Crippen LogP contribution in [0.15, 0.2) is 30.5 Å². The average Bonchev–Trinajstić information content (AvgIpc) is 2.75. The maximum Gasteiger partial charge on any atom is 0.130 e. The van der Waals surface area contributed by atoms with E-state index in [0.717, 1.165) is 12.1 Å². The molecule has 1 aromatic carbocycles. The molecule has 1 atom stereocenters. The molecule has 0 aliphatic carbocycles. The number of rotatable bonds is 5. The molecule has 0 aliphatic rings. The predicted molar refractivity (Wildman–Crippen MR) is 69.7 cm³/mol. The number of halogens is 2. The maximum atomic E-state index is 13.6. The third-order valence-electron chi connectivity index (χ3n) is 3.03. The quantitative estimate of drug-likeness (QED) is 0.900. The van der Waals surface area contributed by atoms with Gasteiger partial charge in [-0.3, -0.25) is 4.68 Å². The summed E-state index contributed by atoms with van der Waals surface area (Å²) in [4.78, 5) is 0. The van der Waals surface area contributed by atoms with Crippen LogP contribution >= 0.6 is 0 Å². The molecule has 1 heterocycles. The Labute approximate surface area is 111 Å². The van der Waals surface area contributed by atoms with Gasteiger partial charge in [0.15, 0.2) is 0 Å². The van der Waals surface area contributed by atoms with Crippen LogP contribution in [0.2, 0.25) is 0 Å². The third-order valence-corrected chi connectivity index (χ3v) is 3.03. The lowest BCUT2D eigenvalue weighted by atomic mass is 10.1. The fourth-order valence-corrected chi connectivity index (χ4v) is 2.04. The lowest BCUT2D eigenvalue weighted by Crippen LogP contribution is -2.23. The van der Waals surface area contributed by atoms with Crippen molar-refractivity contribution in [1.82, 2.24) is 15.1 Å². The van der Waals surface area contributed by atoms with E-state index in [2.05, 4.69) is 10.4 Å². The topological polar surface area (TPSA) is 29.9 Å². The average molecular weight is 265 g/mol. The Bertz CT molecular complexity index is 531. The van der Waals surface area contributed by atoms with Gasteiger partial charge in [0.25, 0.3) is 0 Å². The summed E-state index contributed by atoms with van der Waals surface area (Å²) in [5.41, 5.74) is 1.04. The lowest BCUT2D eigenvalue weighted by Gasteiger charge is -2.15. The largest absolute Gasteiger partial charge is 0.310 e. The van der Waals surface area contributed by atoms with Crippen LogP contribution in [0.25, 0.3) is 0 Å². The Morgan fingerprint density at radius 1 is 1.26 bits per heavy atom. The minimum atomic E-state index is -0.516. The van der Waals surface area contributed by atoms with E-state index in [0.29, 0.717) is 6.54 Å². The zero-order valence-corrected chi connectivity index (χ0v) is 11.0. The van der Waals surface area contributed by atoms with Crippen LogP contribution in [0.1, 0.15) is 24.2 Å². The first-order chi connectivity index (χ1) is 9.08. The molecule has 0 bridgehead atoms. The second-order valence-electron chi connectivity index (χ2n) is 4.54. The Kier molecular flexibility index (Phi) is 4.27. The first-order valence-corrected chi connectivity index (χ1v) is 6.23. The van der Waals surface area contributed by atoms with Gasteiger partial charge in [-0.25, -0.2) is 8.78 Å². The zero-order valence-electron chi connectivity index (χ0n) is 11.0. The molecule has 0 saturated heterocycles. The van der Waals surface area contributed by atoms with E-state index in [9.17, 15) is 8.78 Å². The van der Waals surface area contributed by atoms with E-state index < -0.39 is 11.6 Å². The van der Waals surface area contributed by atoms with Gasteiger partial charge in [0.2, 0.25) is 0 Å². The van der Waals surface area contributed by atoms with Gasteiger partial charge < -0.3 is 5.32 Å². The summed E-state index contributed by atoms with van der Waals surface area (Å²) in [6.07, 6.45) is 2.59. The molecule has 0 spiro atoms. The fourth-order valence-electron chi connectivity index (χ4n) is 2.04. The summed E-state index contributed by atoms with van der Waals surface area (Å²) < 4.78 is 28.8. The van der Waals surface area contributed by atoms with Gasteiger partial charge in [0, 0.05) is 37.8 Å². The molecule has 5 heteroatoms. The molecule has 1 unspecified atom stereocenters. The molecule has 19 heavy (non-hydrogen) atoms. The van der Waals surface area contributed by atoms with Gasteiger partial charge in [-0.2, -0.15) is 5.10 Å². The van der Waals surface area contributed by atoms with Crippen LogP contribution in [0.4, 0.5) is 8.78 Å². The Balaban J connectivity index is 1.92. The maximum absolute atomic E-state index is 13.6. The van der Waals surface area contributed by atoms with Crippen molar-refractivity contribution in [3.05, 3.63) is 53.4 Å². The zero-order chi connectivity index (χ0) is 13.8. The van der Waals surface area contributed by atoms with Crippen LogP contribution in [0, 0.1) is 11.6 Å². The molecule has 1 N–H and O–H groups in total. The van der Waals surface area contributed by atoms with Crippen molar-refractivity contribution in [2.45, 2.75) is 19.4 Å². The molecule has 0 fully saturated rings. The smallest absolute Gasteiger partial charge is 0.130 e. The molecule has 0 saturated carbocycles. The summed E-state index contributed by atoms with van der Waals surface area (Å²) in [6, 6.07) is 5.47. The van der Waals surface area contributed by atoms with Crippen molar-refractivity contribution in [3.63, 3.8) is 0 Å². The van der Waals surface area contributed by atoms with Crippen LogP contribution in [-0.2, 0) is 13.5 Å². The summed E-state index contributed by atoms with van der Waals surface area (Å²) in [5.74, 6) is -1.03. The standard InChI is InChI=1S/C14H17F2N3/c1-10(14-12(15)4-3-5-13(14)16)17-8-6-11-7-9-19(2)18-11/h3-5,7,9-10,17H,6,8H2,1-2H3. The molecule has 3 nitrogen and oxygen atoms in total. The molecule has 2 aromatic rings. The van der Waals surface area contributed by atoms with E-state index in [1.54, 1.807) is 11.6 Å². The molecule has 2 rings (SSSR count). The van der Waals surface area contributed by atoms with Crippen LogP contribution in [-0.4, -0.2) is 16.3 Å². The van der Waals surface area contributed by atoms with E-state index in [4.69, 9.17) is 0 Å². The third kappa shape index (κ3) is 3.38. The van der Waals surface area contributed by atoms with Crippen molar-refractivity contribution in [2.24, 2.45) is 7.05 Å². The van der Waals surface area contributed by atoms with Crippen molar-refractivity contribution in [3.8, 4) is 0 Å². The highest BCUT2D eigenvalue weighted by Gasteiger charge is 2.15. The van der Waals surface area contributed by atoms with Gasteiger partial charge in [-0.1, -0.05) is 6.07 Å². The van der Waals surface area contributed by atoms with E-state index >= 15 is 0 Å². The SMILES string of the molecule is CC(NCCc1ccn(C)n1)c1c(F)cccc1F. The first-order valence-electron chi connectivity index (χ1n) is 6.23. The summed E-state index contributed by atoms with van der Waals surface area (Å²) >= 11 is 0. The van der Waals surface area contributed by atoms with Crippen molar-refractivity contribution in [1.29, 1.82) is 0 Å². The number of hydrogen-bond acceptors (Lipinski definition) is 2. The second-order valence-corrected chi connectivity index (χ2v) is 4.54. The normalized spacial score (nSPS) is 12.6. The second kappa shape index (κ2) is 5.93. The summed E-state index contributed by atoms with van der Waals surface area (Å²) in [7, 11) is 1.86. The van der Waals surface area contributed by atoms with Gasteiger partial charge in [0.1, 0.15) is 11.6 Å². The number of nitrogens with one attached hydrogen (secondary N) is 1. The molecule has 0 radical (unpaired) electrons. The van der Waals surface area contributed by atoms with Crippen LogP contribution < -0.4 is 5.32 Å². The first kappa shape index (κ1) is 13.7. The molecule has 0 amide bonds. The summed E-state index contributed by atoms with van der Waals surface area (Å²) in [5, 5.41) is 7.35. The molecule has 102 valence electrons. The van der Waals surface area contributed by atoms with Gasteiger partial charge in [-0.15, -0.1) is 0 Å². The van der Waals surface area contributed by atoms with Gasteiger partial charge in [-0.05, 0) is 25.1 Å². The Morgan fingerprint density at radius 3 is 2.53 bits per heavy atom. The number of nitrogens with zero attached hydrogens (tertiary/aromatic N) is 2. The number of benzene rings is 1. The predicted octanol–water partition coefficient (Wildman–Crippen LogP) is 2.59. The minimum Gasteiger partial charge on any atom is -0.310 e.